The molecule has 3 heteroatoms. The van der Waals surface area contributed by atoms with E-state index in [1.807, 2.05) is 48.5 Å². The molecule has 0 aliphatic rings. The molecule has 2 aromatic rings. The molecule has 2 nitrogen and oxygen atoms in total. The number of rotatable bonds is 12. The molecule has 0 N–H and O–H groups in total. The molecule has 146 valence electrons. The number of carbonyl (C=O) groups is 1. The van der Waals surface area contributed by atoms with E-state index in [4.69, 9.17) is 16.3 Å². The Bertz CT molecular complexity index is 679. The van der Waals surface area contributed by atoms with Crippen LogP contribution >= 0.6 is 11.6 Å². The van der Waals surface area contributed by atoms with Gasteiger partial charge in [-0.1, -0.05) is 106 Å². The van der Waals surface area contributed by atoms with E-state index in [0.717, 1.165) is 34.6 Å². The summed E-state index contributed by atoms with van der Waals surface area (Å²) in [6, 6.07) is 15.7. The zero-order valence-corrected chi connectivity index (χ0v) is 17.1. The zero-order chi connectivity index (χ0) is 19.3. The minimum atomic E-state index is -0.150. The van der Waals surface area contributed by atoms with Gasteiger partial charge in [-0.3, -0.25) is 4.79 Å². The van der Waals surface area contributed by atoms with Crippen molar-refractivity contribution in [2.24, 2.45) is 0 Å². The standard InChI is InChI=1S/C24H31ClO2/c1-2-3-4-5-6-7-8-11-18-27-24(26)19-20-14-16-21(17-15-20)22-12-9-10-13-23(22)25/h9-10,12-17H,2-8,11,18-19H2,1H3. The third-order valence-electron chi connectivity index (χ3n) is 4.75. The number of unbranched alkanes of at least 4 members (excludes halogenated alkanes) is 7. The van der Waals surface area contributed by atoms with Gasteiger partial charge in [-0.25, -0.2) is 0 Å². The fourth-order valence-electron chi connectivity index (χ4n) is 3.14. The van der Waals surface area contributed by atoms with Crippen LogP contribution in [-0.4, -0.2) is 12.6 Å². The number of benzene rings is 2. The van der Waals surface area contributed by atoms with Gasteiger partial charge in [0, 0.05) is 10.6 Å². The van der Waals surface area contributed by atoms with Gasteiger partial charge >= 0.3 is 5.97 Å². The second-order valence-electron chi connectivity index (χ2n) is 7.05. The molecule has 0 unspecified atom stereocenters. The summed E-state index contributed by atoms with van der Waals surface area (Å²) in [7, 11) is 0. The summed E-state index contributed by atoms with van der Waals surface area (Å²) in [6.07, 6.45) is 10.3. The highest BCUT2D eigenvalue weighted by molar-refractivity contribution is 6.33. The van der Waals surface area contributed by atoms with E-state index in [9.17, 15) is 4.79 Å². The number of halogens is 1. The number of hydrogen-bond acceptors (Lipinski definition) is 2. The number of carbonyl (C=O) groups excluding carboxylic acids is 1. The Morgan fingerprint density at radius 3 is 2.15 bits per heavy atom. The molecular formula is C24H31ClO2. The largest absolute Gasteiger partial charge is 0.465 e. The number of ether oxygens (including phenoxy) is 1. The highest BCUT2D eigenvalue weighted by Gasteiger charge is 2.07. The maximum Gasteiger partial charge on any atom is 0.310 e. The highest BCUT2D eigenvalue weighted by Crippen LogP contribution is 2.27. The van der Waals surface area contributed by atoms with Crippen molar-refractivity contribution in [2.45, 2.75) is 64.7 Å². The molecule has 2 aromatic carbocycles. The van der Waals surface area contributed by atoms with Crippen molar-refractivity contribution in [3.8, 4) is 11.1 Å². The van der Waals surface area contributed by atoms with Crippen molar-refractivity contribution in [2.75, 3.05) is 6.61 Å². The first-order valence-corrected chi connectivity index (χ1v) is 10.6. The van der Waals surface area contributed by atoms with Crippen LogP contribution in [0.25, 0.3) is 11.1 Å². The van der Waals surface area contributed by atoms with Crippen LogP contribution in [0.2, 0.25) is 5.02 Å². The molecular weight excluding hydrogens is 356 g/mol. The summed E-state index contributed by atoms with van der Waals surface area (Å²) in [4.78, 5) is 12.0. The van der Waals surface area contributed by atoms with Gasteiger partial charge < -0.3 is 4.74 Å². The Kier molecular flexibility index (Phi) is 10.0. The molecule has 0 fully saturated rings. The van der Waals surface area contributed by atoms with Crippen LogP contribution in [-0.2, 0) is 16.0 Å². The smallest absolute Gasteiger partial charge is 0.310 e. The van der Waals surface area contributed by atoms with Crippen LogP contribution < -0.4 is 0 Å². The van der Waals surface area contributed by atoms with Crippen LogP contribution in [0, 0.1) is 0 Å². The van der Waals surface area contributed by atoms with Gasteiger partial charge in [-0.2, -0.15) is 0 Å². The lowest BCUT2D eigenvalue weighted by Gasteiger charge is -2.07. The molecule has 0 aromatic heterocycles. The highest BCUT2D eigenvalue weighted by atomic mass is 35.5. The maximum atomic E-state index is 12.0. The van der Waals surface area contributed by atoms with Crippen LogP contribution in [0.5, 0.6) is 0 Å². The van der Waals surface area contributed by atoms with Crippen molar-refractivity contribution >= 4 is 17.6 Å². The summed E-state index contributed by atoms with van der Waals surface area (Å²) in [5, 5.41) is 0.732. The summed E-state index contributed by atoms with van der Waals surface area (Å²) in [6.45, 7) is 2.77. The van der Waals surface area contributed by atoms with Crippen LogP contribution in [0.15, 0.2) is 48.5 Å². The SMILES string of the molecule is CCCCCCCCCCOC(=O)Cc1ccc(-c2ccccc2Cl)cc1. The molecule has 2 rings (SSSR count). The normalized spacial score (nSPS) is 10.7. The number of esters is 1. The molecule has 27 heavy (non-hydrogen) atoms. The molecule has 0 spiro atoms. The van der Waals surface area contributed by atoms with E-state index < -0.39 is 0 Å². The van der Waals surface area contributed by atoms with Crippen molar-refractivity contribution in [3.63, 3.8) is 0 Å². The monoisotopic (exact) mass is 386 g/mol. The van der Waals surface area contributed by atoms with Crippen LogP contribution in [0.1, 0.15) is 63.9 Å². The molecule has 0 saturated carbocycles. The minimum absolute atomic E-state index is 0.150. The molecule has 0 amide bonds. The summed E-state index contributed by atoms with van der Waals surface area (Å²) < 4.78 is 5.37. The lowest BCUT2D eigenvalue weighted by molar-refractivity contribution is -0.142. The Hall–Kier alpha value is -1.80. The Balaban J connectivity index is 1.64. The first-order valence-electron chi connectivity index (χ1n) is 10.2. The third-order valence-corrected chi connectivity index (χ3v) is 5.08. The Labute approximate surface area is 168 Å². The van der Waals surface area contributed by atoms with Crippen molar-refractivity contribution in [1.29, 1.82) is 0 Å². The topological polar surface area (TPSA) is 26.3 Å². The van der Waals surface area contributed by atoms with Crippen molar-refractivity contribution in [1.82, 2.24) is 0 Å². The van der Waals surface area contributed by atoms with Gasteiger partial charge in [0.1, 0.15) is 0 Å². The molecule has 0 aliphatic carbocycles. The molecule has 0 saturated heterocycles. The number of hydrogen-bond donors (Lipinski definition) is 0. The Morgan fingerprint density at radius 2 is 1.48 bits per heavy atom. The molecule has 0 atom stereocenters. The van der Waals surface area contributed by atoms with Gasteiger partial charge in [0.2, 0.25) is 0 Å². The summed E-state index contributed by atoms with van der Waals surface area (Å²) >= 11 is 6.23. The fourth-order valence-corrected chi connectivity index (χ4v) is 3.38. The van der Waals surface area contributed by atoms with Crippen LogP contribution in [0.4, 0.5) is 0 Å². The lowest BCUT2D eigenvalue weighted by Crippen LogP contribution is -2.09. The van der Waals surface area contributed by atoms with Crippen LogP contribution in [0.3, 0.4) is 0 Å². The third kappa shape index (κ3) is 8.17. The molecule has 0 heterocycles. The first kappa shape index (κ1) is 21.5. The first-order chi connectivity index (χ1) is 13.2. The summed E-state index contributed by atoms with van der Waals surface area (Å²) in [5.41, 5.74) is 3.02. The Morgan fingerprint density at radius 1 is 0.852 bits per heavy atom. The van der Waals surface area contributed by atoms with E-state index in [0.29, 0.717) is 13.0 Å². The van der Waals surface area contributed by atoms with Crippen molar-refractivity contribution < 1.29 is 9.53 Å². The van der Waals surface area contributed by atoms with Crippen molar-refractivity contribution in [3.05, 3.63) is 59.1 Å². The lowest BCUT2D eigenvalue weighted by atomic mass is 10.0. The van der Waals surface area contributed by atoms with Gasteiger partial charge in [0.05, 0.1) is 13.0 Å². The van der Waals surface area contributed by atoms with E-state index >= 15 is 0 Å². The molecule has 0 radical (unpaired) electrons. The average Bonchev–Trinajstić information content (AvgIpc) is 2.68. The quantitative estimate of drug-likeness (QED) is 0.284. The zero-order valence-electron chi connectivity index (χ0n) is 16.4. The maximum absolute atomic E-state index is 12.0. The van der Waals surface area contributed by atoms with E-state index in [1.54, 1.807) is 0 Å². The molecule has 0 bridgehead atoms. The van der Waals surface area contributed by atoms with E-state index in [1.165, 1.54) is 38.5 Å². The van der Waals surface area contributed by atoms with E-state index in [-0.39, 0.29) is 5.97 Å². The molecule has 0 aliphatic heterocycles. The fraction of sp³-hybridized carbons (Fsp3) is 0.458. The van der Waals surface area contributed by atoms with E-state index in [2.05, 4.69) is 6.92 Å². The van der Waals surface area contributed by atoms with Gasteiger partial charge in [-0.15, -0.1) is 0 Å². The van der Waals surface area contributed by atoms with Gasteiger partial charge in [0.25, 0.3) is 0 Å². The second-order valence-corrected chi connectivity index (χ2v) is 7.46. The van der Waals surface area contributed by atoms with Gasteiger partial charge in [0.15, 0.2) is 0 Å². The predicted octanol–water partition coefficient (Wildman–Crippen LogP) is 7.23. The van der Waals surface area contributed by atoms with Gasteiger partial charge in [-0.05, 0) is 23.6 Å². The average molecular weight is 387 g/mol. The minimum Gasteiger partial charge on any atom is -0.465 e. The summed E-state index contributed by atoms with van der Waals surface area (Å²) in [5.74, 6) is -0.150. The predicted molar refractivity (Wildman–Crippen MR) is 114 cm³/mol. The second kappa shape index (κ2) is 12.6.